The number of benzene rings is 1. The van der Waals surface area contributed by atoms with Crippen LogP contribution in [0.4, 0.5) is 0 Å². The molecule has 2 fully saturated rings. The predicted octanol–water partition coefficient (Wildman–Crippen LogP) is 11.4. The Bertz CT molecular complexity index is 1020. The van der Waals surface area contributed by atoms with Crippen LogP contribution in [0.5, 0.6) is 5.75 Å². The van der Waals surface area contributed by atoms with E-state index < -0.39 is 0 Å². The Morgan fingerprint density at radius 2 is 1.32 bits per heavy atom. The smallest absolute Gasteiger partial charge is 0.311 e. The molecule has 4 heteroatoms. The molecule has 0 saturated heterocycles. The van der Waals surface area contributed by atoms with Crippen LogP contribution >= 0.6 is 0 Å². The monoisotopic (exact) mass is 608 g/mol. The Morgan fingerprint density at radius 3 is 1.95 bits per heavy atom. The molecule has 0 bridgehead atoms. The van der Waals surface area contributed by atoms with Crippen LogP contribution in [0, 0.1) is 17.3 Å². The molecule has 0 spiro atoms. The highest BCUT2D eigenvalue weighted by atomic mass is 16.5. The number of carbonyl (C=O) groups excluding carboxylic acids is 2. The lowest BCUT2D eigenvalue weighted by atomic mass is 9.55. The fourth-order valence-corrected chi connectivity index (χ4v) is 8.97. The molecular weight excluding hydrogens is 544 g/mol. The molecule has 2 saturated carbocycles. The SMILES string of the molecule is CCCCCCCCCCC(=O)Oc1ccc2c(c1)CC[C@@H]1[C@@H]2CC[C@]2(C)[C@@H](OC(=O)CCCCCCCCCC)CC[C@@H]12. The van der Waals surface area contributed by atoms with Gasteiger partial charge in [0.1, 0.15) is 11.9 Å². The minimum atomic E-state index is -0.0907. The minimum Gasteiger partial charge on any atom is -0.462 e. The summed E-state index contributed by atoms with van der Waals surface area (Å²) in [6, 6.07) is 6.44. The maximum Gasteiger partial charge on any atom is 0.311 e. The zero-order chi connectivity index (χ0) is 31.2. The second-order valence-electron chi connectivity index (χ2n) is 14.8. The summed E-state index contributed by atoms with van der Waals surface area (Å²) in [7, 11) is 0. The summed E-state index contributed by atoms with van der Waals surface area (Å²) in [5, 5.41) is 0. The topological polar surface area (TPSA) is 52.6 Å². The van der Waals surface area contributed by atoms with Crippen LogP contribution in [-0.4, -0.2) is 18.0 Å². The number of rotatable bonds is 20. The molecule has 248 valence electrons. The summed E-state index contributed by atoms with van der Waals surface area (Å²) in [6.45, 7) is 6.92. The number of unbranched alkanes of at least 4 members (excludes halogenated alkanes) is 14. The van der Waals surface area contributed by atoms with Crippen molar-refractivity contribution < 1.29 is 19.1 Å². The number of aryl methyl sites for hydroxylation is 1. The molecule has 0 aliphatic heterocycles. The predicted molar refractivity (Wildman–Crippen MR) is 181 cm³/mol. The van der Waals surface area contributed by atoms with E-state index in [0.717, 1.165) is 57.1 Å². The van der Waals surface area contributed by atoms with Crippen molar-refractivity contribution in [2.45, 2.75) is 187 Å². The van der Waals surface area contributed by atoms with Gasteiger partial charge in [0.05, 0.1) is 0 Å². The first-order chi connectivity index (χ1) is 21.5. The fourth-order valence-electron chi connectivity index (χ4n) is 8.97. The average Bonchev–Trinajstić information content (AvgIpc) is 3.35. The molecule has 1 aromatic carbocycles. The Balaban J connectivity index is 1.20. The first kappa shape index (κ1) is 35.0. The molecule has 44 heavy (non-hydrogen) atoms. The highest BCUT2D eigenvalue weighted by Gasteiger charge is 2.56. The molecule has 0 heterocycles. The van der Waals surface area contributed by atoms with Crippen LogP contribution in [0.25, 0.3) is 0 Å². The molecule has 0 amide bonds. The first-order valence-electron chi connectivity index (χ1n) is 19.0. The van der Waals surface area contributed by atoms with Gasteiger partial charge in [0.2, 0.25) is 0 Å². The highest BCUT2D eigenvalue weighted by Crippen LogP contribution is 2.61. The van der Waals surface area contributed by atoms with Gasteiger partial charge in [-0.05, 0) is 92.4 Å². The first-order valence-corrected chi connectivity index (χ1v) is 19.0. The quantitative estimate of drug-likeness (QED) is 0.0839. The zero-order valence-corrected chi connectivity index (χ0v) is 28.6. The Morgan fingerprint density at radius 1 is 0.727 bits per heavy atom. The molecular formula is C40H64O4. The Labute approximate surface area is 269 Å². The largest absolute Gasteiger partial charge is 0.462 e. The fraction of sp³-hybridized carbons (Fsp3) is 0.800. The van der Waals surface area contributed by atoms with Gasteiger partial charge in [-0.3, -0.25) is 9.59 Å². The van der Waals surface area contributed by atoms with Crippen molar-refractivity contribution in [1.82, 2.24) is 0 Å². The maximum absolute atomic E-state index is 12.8. The van der Waals surface area contributed by atoms with Crippen molar-refractivity contribution in [3.05, 3.63) is 29.3 Å². The van der Waals surface area contributed by atoms with Crippen LogP contribution in [0.3, 0.4) is 0 Å². The lowest BCUT2D eigenvalue weighted by Crippen LogP contribution is -2.45. The summed E-state index contributed by atoms with van der Waals surface area (Å²) in [6.07, 6.45) is 27.7. The normalized spacial score (nSPS) is 25.6. The van der Waals surface area contributed by atoms with Crippen molar-refractivity contribution in [3.8, 4) is 5.75 Å². The number of ether oxygens (including phenoxy) is 2. The van der Waals surface area contributed by atoms with Gasteiger partial charge >= 0.3 is 11.9 Å². The highest BCUT2D eigenvalue weighted by molar-refractivity contribution is 5.72. The van der Waals surface area contributed by atoms with E-state index in [2.05, 4.69) is 32.9 Å². The average molecular weight is 609 g/mol. The van der Waals surface area contributed by atoms with Crippen LogP contribution < -0.4 is 4.74 Å². The van der Waals surface area contributed by atoms with E-state index in [-0.39, 0.29) is 23.5 Å². The molecule has 0 unspecified atom stereocenters. The zero-order valence-electron chi connectivity index (χ0n) is 28.6. The number of carbonyl (C=O) groups is 2. The van der Waals surface area contributed by atoms with E-state index >= 15 is 0 Å². The lowest BCUT2D eigenvalue weighted by Gasteiger charge is -2.50. The third-order valence-electron chi connectivity index (χ3n) is 11.6. The number of hydrogen-bond acceptors (Lipinski definition) is 4. The van der Waals surface area contributed by atoms with Gasteiger partial charge in [-0.1, -0.05) is 117 Å². The van der Waals surface area contributed by atoms with Gasteiger partial charge in [0.25, 0.3) is 0 Å². The molecule has 5 atom stereocenters. The second kappa shape index (κ2) is 18.3. The molecule has 1 aromatic rings. The molecule has 0 radical (unpaired) electrons. The summed E-state index contributed by atoms with van der Waals surface area (Å²) in [5.74, 6) is 2.52. The van der Waals surface area contributed by atoms with Crippen molar-refractivity contribution >= 4 is 11.9 Å². The van der Waals surface area contributed by atoms with Crippen LogP contribution in [-0.2, 0) is 20.7 Å². The van der Waals surface area contributed by atoms with Crippen LogP contribution in [0.1, 0.15) is 185 Å². The maximum atomic E-state index is 12.8. The van der Waals surface area contributed by atoms with Gasteiger partial charge in [0, 0.05) is 18.3 Å². The van der Waals surface area contributed by atoms with Gasteiger partial charge in [-0.2, -0.15) is 0 Å². The van der Waals surface area contributed by atoms with Crippen LogP contribution in [0.15, 0.2) is 18.2 Å². The van der Waals surface area contributed by atoms with E-state index in [4.69, 9.17) is 9.47 Å². The van der Waals surface area contributed by atoms with Crippen molar-refractivity contribution in [1.29, 1.82) is 0 Å². The van der Waals surface area contributed by atoms with Gasteiger partial charge < -0.3 is 9.47 Å². The molecule has 3 aliphatic rings. The van der Waals surface area contributed by atoms with Gasteiger partial charge in [0.15, 0.2) is 0 Å². The standard InChI is InChI=1S/C40H64O4/c1-4-6-8-10-12-14-16-18-20-38(41)43-32-23-25-33-31(30-32)22-24-35-34(33)28-29-40(3)36(35)26-27-37(40)44-39(42)21-19-17-15-13-11-9-7-5-2/h23,25,30,34-37H,4-22,24,26-29H2,1-3H3/t34-,35-,36+,37+,40+/m1/s1. The molecule has 4 rings (SSSR count). The molecule has 4 nitrogen and oxygen atoms in total. The third-order valence-corrected chi connectivity index (χ3v) is 11.6. The van der Waals surface area contributed by atoms with E-state index in [1.54, 1.807) is 0 Å². The van der Waals surface area contributed by atoms with Gasteiger partial charge in [-0.25, -0.2) is 0 Å². The van der Waals surface area contributed by atoms with Gasteiger partial charge in [-0.15, -0.1) is 0 Å². The number of esters is 2. The Hall–Kier alpha value is -1.84. The number of hydrogen-bond donors (Lipinski definition) is 0. The molecule has 0 N–H and O–H groups in total. The van der Waals surface area contributed by atoms with E-state index in [9.17, 15) is 9.59 Å². The molecule has 3 aliphatic carbocycles. The van der Waals surface area contributed by atoms with Crippen molar-refractivity contribution in [2.24, 2.45) is 17.3 Å². The summed E-state index contributed by atoms with van der Waals surface area (Å²) < 4.78 is 12.0. The summed E-state index contributed by atoms with van der Waals surface area (Å²) in [4.78, 5) is 25.3. The van der Waals surface area contributed by atoms with Crippen LogP contribution in [0.2, 0.25) is 0 Å². The number of fused-ring (bicyclic) bond motifs is 5. The summed E-state index contributed by atoms with van der Waals surface area (Å²) in [5.41, 5.74) is 2.96. The van der Waals surface area contributed by atoms with E-state index in [1.807, 2.05) is 6.07 Å². The van der Waals surface area contributed by atoms with E-state index in [1.165, 1.54) is 101 Å². The lowest BCUT2D eigenvalue weighted by molar-refractivity contribution is -0.157. The summed E-state index contributed by atoms with van der Waals surface area (Å²) >= 11 is 0. The molecule has 0 aromatic heterocycles. The second-order valence-corrected chi connectivity index (χ2v) is 14.8. The minimum absolute atomic E-state index is 0.0310. The van der Waals surface area contributed by atoms with Crippen molar-refractivity contribution in [2.75, 3.05) is 0 Å². The Kier molecular flexibility index (Phi) is 14.6. The van der Waals surface area contributed by atoms with Crippen molar-refractivity contribution in [3.63, 3.8) is 0 Å². The third kappa shape index (κ3) is 9.83. The van der Waals surface area contributed by atoms with E-state index in [0.29, 0.717) is 30.6 Å².